The Hall–Kier alpha value is -3.90. The van der Waals surface area contributed by atoms with Crippen LogP contribution in [-0.4, -0.2) is 41.3 Å². The Balaban J connectivity index is 1.39. The average Bonchev–Trinajstić information content (AvgIpc) is 3.48. The summed E-state index contributed by atoms with van der Waals surface area (Å²) in [5, 5.41) is 25.3. The highest BCUT2D eigenvalue weighted by atomic mass is 35.5. The molecule has 0 bridgehead atoms. The van der Waals surface area contributed by atoms with Crippen molar-refractivity contribution in [2.75, 3.05) is 0 Å². The number of aryl methyl sites for hydroxylation is 1. The third-order valence-electron chi connectivity index (χ3n) is 4.64. The number of hydrogen-bond donors (Lipinski definition) is 1. The zero-order chi connectivity index (χ0) is 22.0. The van der Waals surface area contributed by atoms with Crippen LogP contribution in [0.25, 0.3) is 16.9 Å². The van der Waals surface area contributed by atoms with Crippen LogP contribution in [0.5, 0.6) is 0 Å². The fraction of sp³-hybridized carbons (Fsp3) is 0.190. The van der Waals surface area contributed by atoms with Gasteiger partial charge in [0.05, 0.1) is 35.2 Å². The minimum atomic E-state index is -0.263. The summed E-state index contributed by atoms with van der Waals surface area (Å²) in [7, 11) is 1.82. The van der Waals surface area contributed by atoms with Gasteiger partial charge in [0.1, 0.15) is 11.8 Å². The molecule has 0 spiro atoms. The number of aromatic nitrogens is 6. The predicted molar refractivity (Wildman–Crippen MR) is 115 cm³/mol. The van der Waals surface area contributed by atoms with E-state index < -0.39 is 0 Å². The molecule has 3 heterocycles. The van der Waals surface area contributed by atoms with Gasteiger partial charge in [-0.25, -0.2) is 4.68 Å². The number of carbonyl (C=O) groups excluding carboxylic acids is 1. The summed E-state index contributed by atoms with van der Waals surface area (Å²) in [5.41, 5.74) is 3.08. The molecule has 9 nitrogen and oxygen atoms in total. The number of nitrogens with one attached hydrogen (secondary N) is 1. The third kappa shape index (κ3) is 4.49. The molecule has 0 aliphatic rings. The molecule has 3 aromatic heterocycles. The van der Waals surface area contributed by atoms with Gasteiger partial charge >= 0.3 is 0 Å². The lowest BCUT2D eigenvalue weighted by atomic mass is 10.1. The van der Waals surface area contributed by atoms with Crippen LogP contribution in [0.2, 0.25) is 5.02 Å². The second-order valence-electron chi connectivity index (χ2n) is 7.12. The maximum Gasteiger partial charge on any atom is 0.272 e. The van der Waals surface area contributed by atoms with Gasteiger partial charge in [-0.15, -0.1) is 0 Å². The van der Waals surface area contributed by atoms with Crippen molar-refractivity contribution >= 4 is 17.5 Å². The van der Waals surface area contributed by atoms with E-state index in [4.69, 9.17) is 16.9 Å². The van der Waals surface area contributed by atoms with E-state index in [9.17, 15) is 4.79 Å². The standard InChI is InChI=1S/C21H19ClN8O/c1-14(25-21(31)20-6-8-30(27-20)17-11-24-28(2)13-17)12-29-7-5-19(26-29)15-3-4-16(10-23)18(22)9-15/h3-9,11,13-14H,12H2,1-2H3,(H,25,31)/t14-/m0/s1. The monoisotopic (exact) mass is 434 g/mol. The highest BCUT2D eigenvalue weighted by molar-refractivity contribution is 6.32. The first kappa shape index (κ1) is 20.4. The Morgan fingerprint density at radius 1 is 1.26 bits per heavy atom. The van der Waals surface area contributed by atoms with Gasteiger partial charge in [-0.3, -0.25) is 14.2 Å². The molecule has 0 unspecified atom stereocenters. The first-order valence-corrected chi connectivity index (χ1v) is 9.90. The van der Waals surface area contributed by atoms with Crippen molar-refractivity contribution in [1.82, 2.24) is 34.7 Å². The molecule has 156 valence electrons. The van der Waals surface area contributed by atoms with Crippen LogP contribution < -0.4 is 5.32 Å². The fourth-order valence-electron chi connectivity index (χ4n) is 3.12. The van der Waals surface area contributed by atoms with E-state index in [-0.39, 0.29) is 11.9 Å². The number of rotatable bonds is 6. The number of nitriles is 1. The quantitative estimate of drug-likeness (QED) is 0.502. The molecule has 1 amide bonds. The number of nitrogens with zero attached hydrogens (tertiary/aromatic N) is 7. The molecule has 0 saturated carbocycles. The molecule has 1 aromatic carbocycles. The Bertz CT molecular complexity index is 1280. The molecule has 0 fully saturated rings. The molecule has 0 aliphatic heterocycles. The van der Waals surface area contributed by atoms with E-state index in [2.05, 4.69) is 20.6 Å². The van der Waals surface area contributed by atoms with Crippen molar-refractivity contribution in [2.24, 2.45) is 7.05 Å². The van der Waals surface area contributed by atoms with Crippen molar-refractivity contribution in [3.63, 3.8) is 0 Å². The predicted octanol–water partition coefficient (Wildman–Crippen LogP) is 2.81. The normalized spacial score (nSPS) is 11.8. The second-order valence-corrected chi connectivity index (χ2v) is 7.53. The Kier molecular flexibility index (Phi) is 5.56. The number of halogens is 1. The van der Waals surface area contributed by atoms with Crippen LogP contribution in [0.4, 0.5) is 0 Å². The maximum atomic E-state index is 12.5. The van der Waals surface area contributed by atoms with Crippen LogP contribution in [-0.2, 0) is 13.6 Å². The summed E-state index contributed by atoms with van der Waals surface area (Å²) >= 11 is 6.11. The lowest BCUT2D eigenvalue weighted by Gasteiger charge is -2.13. The van der Waals surface area contributed by atoms with Crippen LogP contribution in [0.1, 0.15) is 23.0 Å². The summed E-state index contributed by atoms with van der Waals surface area (Å²) in [6, 6.07) is 10.6. The van der Waals surface area contributed by atoms with Gasteiger partial charge in [0.15, 0.2) is 5.69 Å². The van der Waals surface area contributed by atoms with Crippen LogP contribution >= 0.6 is 11.6 Å². The topological polar surface area (TPSA) is 106 Å². The smallest absolute Gasteiger partial charge is 0.272 e. The molecule has 0 radical (unpaired) electrons. The van der Waals surface area contributed by atoms with E-state index in [0.29, 0.717) is 22.8 Å². The van der Waals surface area contributed by atoms with Gasteiger partial charge in [0, 0.05) is 31.0 Å². The van der Waals surface area contributed by atoms with E-state index in [0.717, 1.165) is 16.9 Å². The Labute approximate surface area is 183 Å². The molecular weight excluding hydrogens is 416 g/mol. The van der Waals surface area contributed by atoms with Crippen molar-refractivity contribution in [1.29, 1.82) is 5.26 Å². The van der Waals surface area contributed by atoms with Crippen molar-refractivity contribution in [3.05, 3.63) is 71.4 Å². The van der Waals surface area contributed by atoms with Crippen molar-refractivity contribution in [3.8, 4) is 23.0 Å². The number of carbonyl (C=O) groups is 1. The fourth-order valence-corrected chi connectivity index (χ4v) is 3.34. The lowest BCUT2D eigenvalue weighted by Crippen LogP contribution is -2.36. The zero-order valence-corrected chi connectivity index (χ0v) is 17.7. The molecule has 1 atom stereocenters. The molecule has 1 N–H and O–H groups in total. The van der Waals surface area contributed by atoms with Gasteiger partial charge in [-0.1, -0.05) is 17.7 Å². The van der Waals surface area contributed by atoms with Gasteiger partial charge in [0.2, 0.25) is 0 Å². The summed E-state index contributed by atoms with van der Waals surface area (Å²) < 4.78 is 5.03. The highest BCUT2D eigenvalue weighted by Crippen LogP contribution is 2.24. The first-order valence-electron chi connectivity index (χ1n) is 9.52. The van der Waals surface area contributed by atoms with Crippen molar-refractivity contribution < 1.29 is 4.79 Å². The van der Waals surface area contributed by atoms with Gasteiger partial charge in [-0.2, -0.15) is 20.6 Å². The van der Waals surface area contributed by atoms with Gasteiger partial charge in [-0.05, 0) is 31.2 Å². The SMILES string of the molecule is C[C@@H](Cn1ccc(-c2ccc(C#N)c(Cl)c2)n1)NC(=O)c1ccn(-c2cnn(C)c2)n1. The van der Waals surface area contributed by atoms with E-state index in [1.165, 1.54) is 0 Å². The van der Waals surface area contributed by atoms with Crippen LogP contribution in [0.3, 0.4) is 0 Å². The minimum absolute atomic E-state index is 0.173. The summed E-state index contributed by atoms with van der Waals surface area (Å²) in [4.78, 5) is 12.5. The third-order valence-corrected chi connectivity index (χ3v) is 4.95. The highest BCUT2D eigenvalue weighted by Gasteiger charge is 2.15. The van der Waals surface area contributed by atoms with E-state index >= 15 is 0 Å². The Morgan fingerprint density at radius 2 is 2.10 bits per heavy atom. The van der Waals surface area contributed by atoms with Crippen LogP contribution in [0.15, 0.2) is 55.1 Å². The zero-order valence-electron chi connectivity index (χ0n) is 16.9. The molecule has 0 aliphatic carbocycles. The largest absolute Gasteiger partial charge is 0.346 e. The maximum absolute atomic E-state index is 12.5. The molecule has 10 heteroatoms. The molecule has 4 rings (SSSR count). The summed E-state index contributed by atoms with van der Waals surface area (Å²) in [6.45, 7) is 2.38. The average molecular weight is 435 g/mol. The number of hydrogen-bond acceptors (Lipinski definition) is 5. The first-order chi connectivity index (χ1) is 14.9. The van der Waals surface area contributed by atoms with Crippen molar-refractivity contribution in [2.45, 2.75) is 19.5 Å². The molecular formula is C21H19ClN8O. The molecule has 0 saturated heterocycles. The number of benzene rings is 1. The van der Waals surface area contributed by atoms with Crippen LogP contribution in [0, 0.1) is 11.3 Å². The molecule has 4 aromatic rings. The lowest BCUT2D eigenvalue weighted by molar-refractivity contribution is 0.0930. The Morgan fingerprint density at radius 3 is 2.81 bits per heavy atom. The summed E-state index contributed by atoms with van der Waals surface area (Å²) in [5.74, 6) is -0.263. The molecule has 31 heavy (non-hydrogen) atoms. The van der Waals surface area contributed by atoms with Gasteiger partial charge in [0.25, 0.3) is 5.91 Å². The minimum Gasteiger partial charge on any atom is -0.346 e. The van der Waals surface area contributed by atoms with Gasteiger partial charge < -0.3 is 5.32 Å². The number of amides is 1. The second kappa shape index (κ2) is 8.45. The van der Waals surface area contributed by atoms with E-state index in [1.54, 1.807) is 50.7 Å². The summed E-state index contributed by atoms with van der Waals surface area (Å²) in [6.07, 6.45) is 7.04. The van der Waals surface area contributed by atoms with E-state index in [1.807, 2.05) is 38.5 Å².